The Morgan fingerprint density at radius 2 is 1.92 bits per heavy atom. The molecule has 0 amide bonds. The Hall–Kier alpha value is -2.14. The molecule has 26 heavy (non-hydrogen) atoms. The SMILES string of the molecule is Cc1cc(N2CC[C@@]3(CCCN(CCc4ccccc4)C3)C2)nc(N)n1. The Labute approximate surface area is 156 Å². The molecule has 4 rings (SSSR count). The van der Waals surface area contributed by atoms with Crippen molar-refractivity contribution in [1.82, 2.24) is 14.9 Å². The van der Waals surface area contributed by atoms with Crippen molar-refractivity contribution in [2.45, 2.75) is 32.6 Å². The van der Waals surface area contributed by atoms with Crippen molar-refractivity contribution < 1.29 is 0 Å². The lowest BCUT2D eigenvalue weighted by molar-refractivity contribution is 0.106. The summed E-state index contributed by atoms with van der Waals surface area (Å²) in [5, 5.41) is 0. The number of aromatic nitrogens is 2. The molecule has 5 nitrogen and oxygen atoms in total. The molecule has 2 saturated heterocycles. The van der Waals surface area contributed by atoms with Gasteiger partial charge in [0.05, 0.1) is 0 Å². The highest BCUT2D eigenvalue weighted by Gasteiger charge is 2.41. The number of hydrogen-bond acceptors (Lipinski definition) is 5. The van der Waals surface area contributed by atoms with Crippen molar-refractivity contribution >= 4 is 11.8 Å². The van der Waals surface area contributed by atoms with Crippen LogP contribution in [0.5, 0.6) is 0 Å². The fraction of sp³-hybridized carbons (Fsp3) is 0.524. The number of likely N-dealkylation sites (tertiary alicyclic amines) is 1. The maximum Gasteiger partial charge on any atom is 0.222 e. The van der Waals surface area contributed by atoms with E-state index in [1.165, 1.54) is 37.9 Å². The van der Waals surface area contributed by atoms with E-state index in [9.17, 15) is 0 Å². The molecule has 2 N–H and O–H groups in total. The monoisotopic (exact) mass is 351 g/mol. The standard InChI is InChI=1S/C21H29N5/c1-17-14-19(24-20(22)23-17)26-13-10-21(16-26)9-5-11-25(15-21)12-8-18-6-3-2-4-7-18/h2-4,6-7,14H,5,8-13,15-16H2,1H3,(H2,22,23,24)/t21-/m1/s1. The van der Waals surface area contributed by atoms with Crippen LogP contribution < -0.4 is 10.6 Å². The average molecular weight is 351 g/mol. The van der Waals surface area contributed by atoms with Crippen molar-refractivity contribution in [3.05, 3.63) is 47.7 Å². The summed E-state index contributed by atoms with van der Waals surface area (Å²) in [4.78, 5) is 13.7. The van der Waals surface area contributed by atoms with Crippen LogP contribution in [0.2, 0.25) is 0 Å². The van der Waals surface area contributed by atoms with E-state index in [-0.39, 0.29) is 0 Å². The zero-order valence-corrected chi connectivity index (χ0v) is 15.7. The van der Waals surface area contributed by atoms with Crippen LogP contribution in [0.1, 0.15) is 30.5 Å². The Morgan fingerprint density at radius 3 is 2.73 bits per heavy atom. The van der Waals surface area contributed by atoms with Crippen LogP contribution in [-0.2, 0) is 6.42 Å². The summed E-state index contributed by atoms with van der Waals surface area (Å²) in [6.07, 6.45) is 5.01. The topological polar surface area (TPSA) is 58.3 Å². The van der Waals surface area contributed by atoms with Gasteiger partial charge in [-0.15, -0.1) is 0 Å². The predicted molar refractivity (Wildman–Crippen MR) is 106 cm³/mol. The molecule has 1 aromatic carbocycles. The number of piperidine rings is 1. The molecule has 1 spiro atoms. The van der Waals surface area contributed by atoms with E-state index >= 15 is 0 Å². The molecule has 0 radical (unpaired) electrons. The maximum absolute atomic E-state index is 5.86. The third-order valence-corrected chi connectivity index (χ3v) is 5.92. The van der Waals surface area contributed by atoms with Crippen LogP contribution in [0, 0.1) is 12.3 Å². The van der Waals surface area contributed by atoms with Crippen molar-refractivity contribution in [1.29, 1.82) is 0 Å². The first-order valence-corrected chi connectivity index (χ1v) is 9.74. The molecular weight excluding hydrogens is 322 g/mol. The number of benzene rings is 1. The van der Waals surface area contributed by atoms with Gasteiger partial charge in [-0.05, 0) is 44.7 Å². The van der Waals surface area contributed by atoms with Gasteiger partial charge >= 0.3 is 0 Å². The van der Waals surface area contributed by atoms with Crippen LogP contribution in [0.3, 0.4) is 0 Å². The molecule has 5 heteroatoms. The number of rotatable bonds is 4. The van der Waals surface area contributed by atoms with Gasteiger partial charge < -0.3 is 15.5 Å². The summed E-state index contributed by atoms with van der Waals surface area (Å²) < 4.78 is 0. The second kappa shape index (κ2) is 7.23. The van der Waals surface area contributed by atoms with E-state index in [1.807, 2.05) is 6.92 Å². The van der Waals surface area contributed by atoms with Gasteiger partial charge in [-0.25, -0.2) is 4.98 Å². The first kappa shape index (κ1) is 17.3. The highest BCUT2D eigenvalue weighted by Crippen LogP contribution is 2.40. The fourth-order valence-electron chi connectivity index (χ4n) is 4.63. The smallest absolute Gasteiger partial charge is 0.222 e. The molecule has 138 valence electrons. The van der Waals surface area contributed by atoms with Gasteiger partial charge in [0.15, 0.2) is 0 Å². The molecule has 0 saturated carbocycles. The second-order valence-electron chi connectivity index (χ2n) is 8.01. The first-order valence-electron chi connectivity index (χ1n) is 9.74. The van der Waals surface area contributed by atoms with Crippen LogP contribution >= 0.6 is 0 Å². The average Bonchev–Trinajstić information content (AvgIpc) is 3.03. The molecular formula is C21H29N5. The molecule has 2 aliphatic rings. The van der Waals surface area contributed by atoms with Gasteiger partial charge in [-0.2, -0.15) is 4.98 Å². The third-order valence-electron chi connectivity index (χ3n) is 5.92. The highest BCUT2D eigenvalue weighted by molar-refractivity contribution is 5.45. The molecule has 2 fully saturated rings. The van der Waals surface area contributed by atoms with Crippen molar-refractivity contribution in [3.8, 4) is 0 Å². The molecule has 1 aromatic heterocycles. The van der Waals surface area contributed by atoms with E-state index in [4.69, 9.17) is 5.73 Å². The second-order valence-corrected chi connectivity index (χ2v) is 8.01. The van der Waals surface area contributed by atoms with Crippen LogP contribution in [-0.4, -0.2) is 47.6 Å². The molecule has 0 bridgehead atoms. The minimum absolute atomic E-state index is 0.383. The minimum Gasteiger partial charge on any atom is -0.368 e. The number of hydrogen-bond donors (Lipinski definition) is 1. The zero-order valence-electron chi connectivity index (χ0n) is 15.7. The molecule has 2 aliphatic heterocycles. The number of anilines is 2. The normalized spacial score (nSPS) is 23.7. The van der Waals surface area contributed by atoms with Crippen molar-refractivity contribution in [2.75, 3.05) is 43.4 Å². The summed E-state index contributed by atoms with van der Waals surface area (Å²) in [7, 11) is 0. The van der Waals surface area contributed by atoms with Crippen LogP contribution in [0.25, 0.3) is 0 Å². The molecule has 2 aromatic rings. The van der Waals surface area contributed by atoms with E-state index in [1.54, 1.807) is 0 Å². The number of nitrogen functional groups attached to an aromatic ring is 1. The van der Waals surface area contributed by atoms with Crippen molar-refractivity contribution in [3.63, 3.8) is 0 Å². The lowest BCUT2D eigenvalue weighted by Gasteiger charge is -2.40. The predicted octanol–water partition coefficient (Wildman–Crippen LogP) is 2.90. The summed E-state index contributed by atoms with van der Waals surface area (Å²) in [6.45, 7) is 7.74. The van der Waals surface area contributed by atoms with Crippen LogP contribution in [0.4, 0.5) is 11.8 Å². The van der Waals surface area contributed by atoms with E-state index in [0.29, 0.717) is 11.4 Å². The summed E-state index contributed by atoms with van der Waals surface area (Å²) in [5.41, 5.74) is 8.65. The zero-order chi connectivity index (χ0) is 18.0. The lowest BCUT2D eigenvalue weighted by Crippen LogP contribution is -2.45. The summed E-state index contributed by atoms with van der Waals surface area (Å²) in [5.74, 6) is 1.38. The Kier molecular flexibility index (Phi) is 4.81. The number of aryl methyl sites for hydroxylation is 1. The largest absolute Gasteiger partial charge is 0.368 e. The number of nitrogens with zero attached hydrogens (tertiary/aromatic N) is 4. The Morgan fingerprint density at radius 1 is 1.08 bits per heavy atom. The Balaban J connectivity index is 1.39. The molecule has 3 heterocycles. The number of nitrogens with two attached hydrogens (primary N) is 1. The van der Waals surface area contributed by atoms with Gasteiger partial charge in [0, 0.05) is 43.4 Å². The van der Waals surface area contributed by atoms with Crippen LogP contribution in [0.15, 0.2) is 36.4 Å². The molecule has 1 atom stereocenters. The van der Waals surface area contributed by atoms with E-state index < -0.39 is 0 Å². The summed E-state index contributed by atoms with van der Waals surface area (Å²) in [6, 6.07) is 12.9. The van der Waals surface area contributed by atoms with Gasteiger partial charge in [0.2, 0.25) is 5.95 Å². The van der Waals surface area contributed by atoms with E-state index in [2.05, 4.69) is 56.2 Å². The van der Waals surface area contributed by atoms with Gasteiger partial charge in [0.25, 0.3) is 0 Å². The first-order chi connectivity index (χ1) is 12.6. The highest BCUT2D eigenvalue weighted by atomic mass is 15.3. The van der Waals surface area contributed by atoms with Gasteiger partial charge in [-0.1, -0.05) is 30.3 Å². The van der Waals surface area contributed by atoms with Gasteiger partial charge in [-0.3, -0.25) is 0 Å². The lowest BCUT2D eigenvalue weighted by atomic mass is 9.79. The molecule has 0 unspecified atom stereocenters. The molecule has 0 aliphatic carbocycles. The Bertz CT molecular complexity index is 727. The quantitative estimate of drug-likeness (QED) is 0.918. The fourth-order valence-corrected chi connectivity index (χ4v) is 4.63. The van der Waals surface area contributed by atoms with Gasteiger partial charge in [0.1, 0.15) is 5.82 Å². The van der Waals surface area contributed by atoms with E-state index in [0.717, 1.165) is 37.6 Å². The summed E-state index contributed by atoms with van der Waals surface area (Å²) >= 11 is 0. The maximum atomic E-state index is 5.86. The third kappa shape index (κ3) is 3.83. The minimum atomic E-state index is 0.383. The van der Waals surface area contributed by atoms with Crippen molar-refractivity contribution in [2.24, 2.45) is 5.41 Å².